The van der Waals surface area contributed by atoms with Crippen LogP contribution in [0.5, 0.6) is 0 Å². The first-order valence-corrected chi connectivity index (χ1v) is 13.5. The lowest BCUT2D eigenvalue weighted by molar-refractivity contribution is 0.940. The van der Waals surface area contributed by atoms with Crippen LogP contribution in [-0.4, -0.2) is 19.1 Å². The van der Waals surface area contributed by atoms with Gasteiger partial charge in [0.1, 0.15) is 17.3 Å². The topological polar surface area (TPSA) is 59.4 Å². The van der Waals surface area contributed by atoms with Gasteiger partial charge in [0.15, 0.2) is 0 Å². The molecule has 0 fully saturated rings. The Morgan fingerprint density at radius 1 is 0.700 bits per heavy atom. The molecule has 0 spiro atoms. The fourth-order valence-corrected chi connectivity index (χ4v) is 6.13. The first-order valence-electron chi connectivity index (χ1n) is 13.5. The third-order valence-electron chi connectivity index (χ3n) is 7.87. The molecule has 4 heterocycles. The predicted octanol–water partition coefficient (Wildman–Crippen LogP) is 8.02. The van der Waals surface area contributed by atoms with Crippen LogP contribution in [0.3, 0.4) is 0 Å². The molecule has 5 heteroatoms. The van der Waals surface area contributed by atoms with Crippen LogP contribution in [0.2, 0.25) is 0 Å². The first kappa shape index (κ1) is 22.5. The summed E-state index contributed by atoms with van der Waals surface area (Å²) in [5.41, 5.74) is 8.18. The summed E-state index contributed by atoms with van der Waals surface area (Å²) >= 11 is 0. The van der Waals surface area contributed by atoms with Gasteiger partial charge in [-0.05, 0) is 84.1 Å². The summed E-state index contributed by atoms with van der Waals surface area (Å²) in [5, 5.41) is 13.1. The van der Waals surface area contributed by atoms with E-state index in [1.54, 1.807) is 0 Å². The summed E-state index contributed by atoms with van der Waals surface area (Å²) in [5.74, 6) is 1.62. The van der Waals surface area contributed by atoms with Crippen molar-refractivity contribution in [3.05, 3.63) is 126 Å². The van der Waals surface area contributed by atoms with Gasteiger partial charge >= 0.3 is 0 Å². The summed E-state index contributed by atoms with van der Waals surface area (Å²) in [7, 11) is 0. The largest absolute Gasteiger partial charge is 0.294 e. The maximum Gasteiger partial charge on any atom is 0.146 e. The minimum atomic E-state index is 0.627. The van der Waals surface area contributed by atoms with E-state index in [1.807, 2.05) is 30.5 Å². The Labute approximate surface area is 230 Å². The second-order valence-corrected chi connectivity index (χ2v) is 10.1. The summed E-state index contributed by atoms with van der Waals surface area (Å²) in [6.07, 6.45) is 8.35. The van der Waals surface area contributed by atoms with E-state index < -0.39 is 0 Å². The van der Waals surface area contributed by atoms with Gasteiger partial charge in [-0.3, -0.25) is 9.13 Å². The van der Waals surface area contributed by atoms with Crippen molar-refractivity contribution in [2.45, 2.75) is 12.8 Å². The fraction of sp³-hybridized carbons (Fsp3) is 0.0571. The molecule has 0 unspecified atom stereocenters. The van der Waals surface area contributed by atoms with Crippen LogP contribution < -0.4 is 0 Å². The molecule has 1 aliphatic carbocycles. The van der Waals surface area contributed by atoms with Crippen molar-refractivity contribution in [1.82, 2.24) is 19.1 Å². The van der Waals surface area contributed by atoms with Gasteiger partial charge in [0.25, 0.3) is 0 Å². The first-order chi connectivity index (χ1) is 19.8. The van der Waals surface area contributed by atoms with E-state index in [4.69, 9.17) is 9.97 Å². The quantitative estimate of drug-likeness (QED) is 0.240. The summed E-state index contributed by atoms with van der Waals surface area (Å²) in [4.78, 5) is 10.1. The van der Waals surface area contributed by atoms with Crippen molar-refractivity contribution in [3.63, 3.8) is 0 Å². The lowest BCUT2D eigenvalue weighted by Crippen LogP contribution is -2.07. The van der Waals surface area contributed by atoms with E-state index >= 15 is 0 Å². The van der Waals surface area contributed by atoms with Gasteiger partial charge in [0, 0.05) is 22.4 Å². The van der Waals surface area contributed by atoms with E-state index in [-0.39, 0.29) is 0 Å². The third kappa shape index (κ3) is 3.33. The molecular formula is C35H23N5. The van der Waals surface area contributed by atoms with Crippen LogP contribution in [0.15, 0.2) is 109 Å². The number of aromatic nitrogens is 4. The number of allylic oxidation sites excluding steroid dienone is 1. The highest BCUT2D eigenvalue weighted by atomic mass is 15.2. The van der Waals surface area contributed by atoms with Crippen LogP contribution >= 0.6 is 0 Å². The average Bonchev–Trinajstić information content (AvgIpc) is 3.54. The SMILES string of the molecule is N#Cc1cccc(-c2cc(-n3c4c(c5ccccc53)CCC=C4)nc(-n3c4ccccc4c4cccnc43)c2)c1. The number of nitrogens with zero attached hydrogens (tertiary/aromatic N) is 5. The second kappa shape index (κ2) is 8.79. The van der Waals surface area contributed by atoms with Crippen LogP contribution in [-0.2, 0) is 6.42 Å². The molecule has 0 saturated heterocycles. The molecule has 5 nitrogen and oxygen atoms in total. The lowest BCUT2D eigenvalue weighted by atomic mass is 10.0. The van der Waals surface area contributed by atoms with E-state index in [1.165, 1.54) is 16.6 Å². The van der Waals surface area contributed by atoms with Gasteiger partial charge < -0.3 is 0 Å². The zero-order valence-corrected chi connectivity index (χ0v) is 21.6. The second-order valence-electron chi connectivity index (χ2n) is 10.1. The van der Waals surface area contributed by atoms with Crippen molar-refractivity contribution < 1.29 is 0 Å². The molecule has 1 aliphatic rings. The highest BCUT2D eigenvalue weighted by molar-refractivity contribution is 6.07. The van der Waals surface area contributed by atoms with Gasteiger partial charge in [-0.1, -0.05) is 54.6 Å². The molecule has 40 heavy (non-hydrogen) atoms. The Hall–Kier alpha value is -5.47. The molecule has 3 aromatic carbocycles. The molecule has 0 aliphatic heterocycles. The number of rotatable bonds is 3. The van der Waals surface area contributed by atoms with Crippen LogP contribution in [0.1, 0.15) is 23.2 Å². The number of pyridine rings is 2. The Morgan fingerprint density at radius 3 is 2.30 bits per heavy atom. The van der Waals surface area contributed by atoms with Gasteiger partial charge in [-0.2, -0.15) is 5.26 Å². The van der Waals surface area contributed by atoms with Crippen LogP contribution in [0, 0.1) is 11.3 Å². The number of benzene rings is 3. The molecular weight excluding hydrogens is 490 g/mol. The van der Waals surface area contributed by atoms with E-state index in [0.717, 1.165) is 63.1 Å². The van der Waals surface area contributed by atoms with Gasteiger partial charge in [0.2, 0.25) is 0 Å². The van der Waals surface area contributed by atoms with Crippen LogP contribution in [0.4, 0.5) is 0 Å². The summed E-state index contributed by atoms with van der Waals surface area (Å²) in [6.45, 7) is 0. The third-order valence-corrected chi connectivity index (χ3v) is 7.87. The number of aryl methyl sites for hydroxylation is 1. The summed E-state index contributed by atoms with van der Waals surface area (Å²) in [6, 6.07) is 35.3. The molecule has 188 valence electrons. The highest BCUT2D eigenvalue weighted by Gasteiger charge is 2.21. The van der Waals surface area contributed by atoms with E-state index in [9.17, 15) is 5.26 Å². The van der Waals surface area contributed by atoms with Gasteiger partial charge in [0.05, 0.1) is 28.4 Å². The Kier molecular flexibility index (Phi) is 4.95. The number of hydrogen-bond donors (Lipinski definition) is 0. The maximum absolute atomic E-state index is 9.62. The van der Waals surface area contributed by atoms with Crippen molar-refractivity contribution in [2.24, 2.45) is 0 Å². The molecule has 0 amide bonds. The van der Waals surface area contributed by atoms with E-state index in [0.29, 0.717) is 5.56 Å². The molecule has 7 aromatic rings. The average molecular weight is 514 g/mol. The highest BCUT2D eigenvalue weighted by Crippen LogP contribution is 2.36. The Balaban J connectivity index is 1.49. The fourth-order valence-electron chi connectivity index (χ4n) is 6.13. The molecule has 0 radical (unpaired) electrons. The Morgan fingerprint density at radius 2 is 1.45 bits per heavy atom. The minimum Gasteiger partial charge on any atom is -0.294 e. The van der Waals surface area contributed by atoms with Crippen molar-refractivity contribution in [2.75, 3.05) is 0 Å². The molecule has 8 rings (SSSR count). The van der Waals surface area contributed by atoms with Crippen molar-refractivity contribution in [1.29, 1.82) is 5.26 Å². The number of nitriles is 1. The zero-order valence-electron chi connectivity index (χ0n) is 21.6. The monoisotopic (exact) mass is 513 g/mol. The normalized spacial score (nSPS) is 12.7. The molecule has 0 saturated carbocycles. The lowest BCUT2D eigenvalue weighted by Gasteiger charge is -2.16. The minimum absolute atomic E-state index is 0.627. The maximum atomic E-state index is 9.62. The molecule has 0 bridgehead atoms. The summed E-state index contributed by atoms with van der Waals surface area (Å²) < 4.78 is 4.43. The zero-order chi connectivity index (χ0) is 26.6. The smallest absolute Gasteiger partial charge is 0.146 e. The Bertz CT molecular complexity index is 2130. The van der Waals surface area contributed by atoms with Gasteiger partial charge in [-0.15, -0.1) is 0 Å². The molecule has 0 atom stereocenters. The predicted molar refractivity (Wildman–Crippen MR) is 161 cm³/mol. The molecule has 0 N–H and O–H groups in total. The van der Waals surface area contributed by atoms with Crippen LogP contribution in [0.25, 0.3) is 61.7 Å². The molecule has 4 aromatic heterocycles. The number of para-hydroxylation sites is 2. The number of fused-ring (bicyclic) bond motifs is 6. The van der Waals surface area contributed by atoms with Crippen molar-refractivity contribution >= 4 is 38.9 Å². The van der Waals surface area contributed by atoms with Crippen molar-refractivity contribution in [3.8, 4) is 28.8 Å². The number of hydrogen-bond acceptors (Lipinski definition) is 3. The standard InChI is InChI=1S/C35H23N5/c36-22-23-9-7-10-24(19-23)25-20-33(39-30-15-4-1-11-26(30)27-12-2-5-16-31(27)39)38-34(21-25)40-32-17-6-3-13-28(32)29-14-8-18-37-35(29)40/h1,3-11,13-21H,2,12H2. The van der Waals surface area contributed by atoms with Gasteiger partial charge in [-0.25, -0.2) is 9.97 Å². The van der Waals surface area contributed by atoms with E-state index in [2.05, 4.69) is 100 Å².